The van der Waals surface area contributed by atoms with E-state index < -0.39 is 11.7 Å². The molecule has 132 valence electrons. The number of halogens is 2. The Balaban J connectivity index is 2.31. The smallest absolute Gasteiger partial charge is 0.203 e. The molecule has 1 atom stereocenters. The zero-order valence-electron chi connectivity index (χ0n) is 14.2. The minimum atomic E-state index is -0.794. The van der Waals surface area contributed by atoms with Gasteiger partial charge in [0.25, 0.3) is 0 Å². The van der Waals surface area contributed by atoms with Crippen LogP contribution in [-0.2, 0) is 11.2 Å². The molecule has 0 fully saturated rings. The highest BCUT2D eigenvalue weighted by Crippen LogP contribution is 2.49. The third-order valence-electron chi connectivity index (χ3n) is 4.47. The molecule has 1 aliphatic rings. The Kier molecular flexibility index (Phi) is 4.86. The van der Waals surface area contributed by atoms with Gasteiger partial charge < -0.3 is 14.2 Å². The zero-order chi connectivity index (χ0) is 18.1. The van der Waals surface area contributed by atoms with E-state index in [1.165, 1.54) is 39.5 Å². The Bertz CT molecular complexity index is 835. The van der Waals surface area contributed by atoms with Crippen molar-refractivity contribution in [3.05, 3.63) is 51.8 Å². The number of carbonyl (C=O) groups excluding carboxylic acids is 1. The Labute approximate surface area is 150 Å². The normalized spacial score (nSPS) is 16.4. The Morgan fingerprint density at radius 1 is 1.04 bits per heavy atom. The SMILES string of the molecule is COc1cc2c(c(OC)c1OC)C(c1cc(Cl)ccc1F)C(=O)CC2. The number of Topliss-reactive ketones (excluding diaryl/α,β-unsaturated/α-hetero) is 1. The van der Waals surface area contributed by atoms with Crippen LogP contribution in [0.3, 0.4) is 0 Å². The zero-order valence-corrected chi connectivity index (χ0v) is 14.9. The van der Waals surface area contributed by atoms with Gasteiger partial charge in [-0.2, -0.15) is 0 Å². The van der Waals surface area contributed by atoms with Crippen LogP contribution in [0.15, 0.2) is 24.3 Å². The quantitative estimate of drug-likeness (QED) is 0.817. The minimum absolute atomic E-state index is 0.0841. The Morgan fingerprint density at radius 3 is 2.40 bits per heavy atom. The third-order valence-corrected chi connectivity index (χ3v) is 4.71. The molecule has 2 aromatic carbocycles. The predicted molar refractivity (Wildman–Crippen MR) is 92.7 cm³/mol. The van der Waals surface area contributed by atoms with Crippen LogP contribution in [0, 0.1) is 5.82 Å². The highest BCUT2D eigenvalue weighted by atomic mass is 35.5. The number of ether oxygens (including phenoxy) is 3. The molecule has 4 nitrogen and oxygen atoms in total. The maximum Gasteiger partial charge on any atom is 0.203 e. The first-order valence-corrected chi connectivity index (χ1v) is 8.19. The third kappa shape index (κ3) is 2.93. The van der Waals surface area contributed by atoms with Crippen molar-refractivity contribution in [1.29, 1.82) is 0 Å². The second kappa shape index (κ2) is 6.92. The lowest BCUT2D eigenvalue weighted by Gasteiger charge is -2.29. The number of hydrogen-bond donors (Lipinski definition) is 0. The molecular formula is C19H18ClFO4. The lowest BCUT2D eigenvalue weighted by molar-refractivity contribution is -0.120. The van der Waals surface area contributed by atoms with E-state index in [9.17, 15) is 9.18 Å². The molecule has 0 aliphatic heterocycles. The number of carbonyl (C=O) groups is 1. The number of ketones is 1. The summed E-state index contributed by atoms with van der Waals surface area (Å²) in [7, 11) is 4.51. The van der Waals surface area contributed by atoms with E-state index in [2.05, 4.69) is 0 Å². The molecule has 0 saturated heterocycles. The summed E-state index contributed by atoms with van der Waals surface area (Å²) in [4.78, 5) is 12.7. The molecule has 0 bridgehead atoms. The van der Waals surface area contributed by atoms with E-state index in [0.717, 1.165) is 5.56 Å². The predicted octanol–water partition coefficient (Wildman–Crippen LogP) is 4.15. The first-order chi connectivity index (χ1) is 12.0. The average molecular weight is 365 g/mol. The van der Waals surface area contributed by atoms with Crippen molar-refractivity contribution in [3.8, 4) is 17.2 Å². The number of rotatable bonds is 4. The van der Waals surface area contributed by atoms with Gasteiger partial charge in [-0.25, -0.2) is 4.39 Å². The number of aryl methyl sites for hydroxylation is 1. The van der Waals surface area contributed by atoms with Gasteiger partial charge in [0.1, 0.15) is 11.6 Å². The molecule has 0 amide bonds. The summed E-state index contributed by atoms with van der Waals surface area (Å²) >= 11 is 6.04. The van der Waals surface area contributed by atoms with Crippen LogP contribution in [0.1, 0.15) is 29.0 Å². The fraction of sp³-hybridized carbons (Fsp3) is 0.316. The lowest BCUT2D eigenvalue weighted by atomic mass is 9.77. The lowest BCUT2D eigenvalue weighted by Crippen LogP contribution is -2.23. The summed E-state index contributed by atoms with van der Waals surface area (Å²) in [6.07, 6.45) is 0.839. The van der Waals surface area contributed by atoms with Gasteiger partial charge in [-0.15, -0.1) is 0 Å². The van der Waals surface area contributed by atoms with Crippen LogP contribution in [0.2, 0.25) is 5.02 Å². The van der Waals surface area contributed by atoms with Crippen molar-refractivity contribution in [2.75, 3.05) is 21.3 Å². The van der Waals surface area contributed by atoms with E-state index in [1.807, 2.05) is 6.07 Å². The summed E-state index contributed by atoms with van der Waals surface area (Å²) in [6, 6.07) is 6.04. The molecule has 0 saturated carbocycles. The standard InChI is InChI=1S/C19H18ClFO4/c1-23-15-8-10-4-7-14(22)17(12-9-11(20)5-6-13(12)21)16(10)19(25-3)18(15)24-2/h5-6,8-9,17H,4,7H2,1-3H3. The van der Waals surface area contributed by atoms with Gasteiger partial charge in [-0.3, -0.25) is 4.79 Å². The molecule has 1 aliphatic carbocycles. The molecule has 3 rings (SSSR count). The van der Waals surface area contributed by atoms with E-state index in [4.69, 9.17) is 25.8 Å². The summed E-state index contributed by atoms with van der Waals surface area (Å²) in [6.45, 7) is 0. The van der Waals surface area contributed by atoms with Crippen molar-refractivity contribution >= 4 is 17.4 Å². The van der Waals surface area contributed by atoms with Crippen LogP contribution in [0.4, 0.5) is 4.39 Å². The Hall–Kier alpha value is -2.27. The fourth-order valence-corrected chi connectivity index (χ4v) is 3.56. The molecule has 0 aromatic heterocycles. The van der Waals surface area contributed by atoms with Gasteiger partial charge in [0.05, 0.1) is 27.2 Å². The second-order valence-electron chi connectivity index (χ2n) is 5.78. The van der Waals surface area contributed by atoms with Gasteiger partial charge in [0, 0.05) is 22.6 Å². The molecule has 0 heterocycles. The van der Waals surface area contributed by atoms with E-state index >= 15 is 0 Å². The average Bonchev–Trinajstić information content (AvgIpc) is 2.62. The monoisotopic (exact) mass is 364 g/mol. The van der Waals surface area contributed by atoms with Crippen LogP contribution in [0.5, 0.6) is 17.2 Å². The maximum atomic E-state index is 14.5. The van der Waals surface area contributed by atoms with Crippen molar-refractivity contribution in [2.24, 2.45) is 0 Å². The first kappa shape index (κ1) is 17.5. The summed E-state index contributed by atoms with van der Waals surface area (Å²) in [5.41, 5.74) is 1.72. The largest absolute Gasteiger partial charge is 0.493 e. The summed E-state index contributed by atoms with van der Waals surface area (Å²) in [5.74, 6) is -0.0817. The maximum absolute atomic E-state index is 14.5. The van der Waals surface area contributed by atoms with Gasteiger partial charge in [-0.1, -0.05) is 11.6 Å². The fourth-order valence-electron chi connectivity index (χ4n) is 3.38. The highest BCUT2D eigenvalue weighted by Gasteiger charge is 2.36. The highest BCUT2D eigenvalue weighted by molar-refractivity contribution is 6.30. The van der Waals surface area contributed by atoms with Gasteiger partial charge in [0.2, 0.25) is 5.75 Å². The van der Waals surface area contributed by atoms with Gasteiger partial charge in [0.15, 0.2) is 11.5 Å². The number of hydrogen-bond acceptors (Lipinski definition) is 4. The number of fused-ring (bicyclic) bond motifs is 1. The molecule has 1 unspecified atom stereocenters. The molecule has 6 heteroatoms. The van der Waals surface area contributed by atoms with Crippen LogP contribution < -0.4 is 14.2 Å². The van der Waals surface area contributed by atoms with Gasteiger partial charge >= 0.3 is 0 Å². The van der Waals surface area contributed by atoms with Crippen LogP contribution >= 0.6 is 11.6 Å². The van der Waals surface area contributed by atoms with Crippen molar-refractivity contribution in [1.82, 2.24) is 0 Å². The summed E-state index contributed by atoms with van der Waals surface area (Å²) < 4.78 is 30.8. The van der Waals surface area contributed by atoms with E-state index in [-0.39, 0.29) is 11.3 Å². The molecular weight excluding hydrogens is 347 g/mol. The van der Waals surface area contributed by atoms with Gasteiger partial charge in [-0.05, 0) is 36.2 Å². The molecule has 25 heavy (non-hydrogen) atoms. The van der Waals surface area contributed by atoms with Crippen molar-refractivity contribution in [2.45, 2.75) is 18.8 Å². The van der Waals surface area contributed by atoms with Crippen molar-refractivity contribution in [3.63, 3.8) is 0 Å². The topological polar surface area (TPSA) is 44.8 Å². The Morgan fingerprint density at radius 2 is 1.76 bits per heavy atom. The molecule has 0 spiro atoms. The van der Waals surface area contributed by atoms with E-state index in [0.29, 0.717) is 40.7 Å². The second-order valence-corrected chi connectivity index (χ2v) is 6.22. The first-order valence-electron chi connectivity index (χ1n) is 7.81. The van der Waals surface area contributed by atoms with E-state index in [1.54, 1.807) is 0 Å². The molecule has 2 aromatic rings. The number of methoxy groups -OCH3 is 3. The van der Waals surface area contributed by atoms with Crippen LogP contribution in [-0.4, -0.2) is 27.1 Å². The molecule has 0 radical (unpaired) electrons. The molecule has 0 N–H and O–H groups in total. The minimum Gasteiger partial charge on any atom is -0.493 e. The van der Waals surface area contributed by atoms with Crippen LogP contribution in [0.25, 0.3) is 0 Å². The number of benzene rings is 2. The summed E-state index contributed by atoms with van der Waals surface area (Å²) in [5, 5.41) is 0.371. The van der Waals surface area contributed by atoms with Crippen molar-refractivity contribution < 1.29 is 23.4 Å².